The topological polar surface area (TPSA) is 113 Å². The first-order chi connectivity index (χ1) is 8.40. The number of morpholine rings is 1. The molecule has 1 aliphatic heterocycles. The van der Waals surface area contributed by atoms with Gasteiger partial charge in [0, 0.05) is 26.9 Å². The normalized spacial score (nSPS) is 14.6. The average molecular weight is 264 g/mol. The van der Waals surface area contributed by atoms with Crippen LogP contribution in [0.3, 0.4) is 0 Å². The lowest BCUT2D eigenvalue weighted by Gasteiger charge is -2.26. The van der Waals surface area contributed by atoms with Crippen molar-refractivity contribution < 1.29 is 24.5 Å². The molecule has 0 aromatic heterocycles. The second-order valence-corrected chi connectivity index (χ2v) is 3.63. The van der Waals surface area contributed by atoms with Gasteiger partial charge >= 0.3 is 0 Å². The number of ether oxygens (including phenoxy) is 1. The maximum absolute atomic E-state index is 9.00. The number of hydrogen-bond donors (Lipinski definition) is 3. The summed E-state index contributed by atoms with van der Waals surface area (Å²) in [6.45, 7) is 8.06. The van der Waals surface area contributed by atoms with E-state index in [1.165, 1.54) is 0 Å². The summed E-state index contributed by atoms with van der Waals surface area (Å²) in [5, 5.41) is 14.8. The molecule has 0 bridgehead atoms. The minimum atomic E-state index is -0.833. The molecule has 0 atom stereocenters. The maximum Gasteiger partial charge on any atom is 0.300 e. The van der Waals surface area contributed by atoms with Crippen molar-refractivity contribution in [3.8, 4) is 0 Å². The molecule has 1 saturated heterocycles. The van der Waals surface area contributed by atoms with Crippen molar-refractivity contribution in [3.63, 3.8) is 0 Å². The summed E-state index contributed by atoms with van der Waals surface area (Å²) in [5.41, 5.74) is 5.39. The Morgan fingerprint density at radius 1 is 1.17 bits per heavy atom. The van der Waals surface area contributed by atoms with E-state index in [4.69, 9.17) is 30.3 Å². The second-order valence-electron chi connectivity index (χ2n) is 3.63. The molecule has 0 amide bonds. The van der Waals surface area contributed by atoms with Gasteiger partial charge in [-0.25, -0.2) is 0 Å². The maximum atomic E-state index is 9.00. The molecule has 1 fully saturated rings. The highest BCUT2D eigenvalue weighted by Crippen LogP contribution is 1.96. The second kappa shape index (κ2) is 13.9. The average Bonchev–Trinajstić information content (AvgIpc) is 2.26. The Kier molecular flexibility index (Phi) is 14.8. The smallest absolute Gasteiger partial charge is 0.300 e. The number of rotatable bonds is 3. The van der Waals surface area contributed by atoms with Gasteiger partial charge in [0.25, 0.3) is 11.9 Å². The van der Waals surface area contributed by atoms with E-state index >= 15 is 0 Å². The van der Waals surface area contributed by atoms with E-state index in [0.717, 1.165) is 59.7 Å². The Morgan fingerprint density at radius 2 is 1.56 bits per heavy atom. The highest BCUT2D eigenvalue weighted by Gasteiger charge is 2.07. The highest BCUT2D eigenvalue weighted by molar-refractivity contribution is 5.63. The van der Waals surface area contributed by atoms with Gasteiger partial charge < -0.3 is 20.7 Å². The number of carboxylic acid groups (broad SMARTS) is 2. The highest BCUT2D eigenvalue weighted by atomic mass is 16.5. The Labute approximate surface area is 108 Å². The predicted molar refractivity (Wildman–Crippen MR) is 67.6 cm³/mol. The van der Waals surface area contributed by atoms with Crippen molar-refractivity contribution in [3.05, 3.63) is 0 Å². The Hall–Kier alpha value is -1.18. The van der Waals surface area contributed by atoms with Crippen LogP contribution in [0.2, 0.25) is 0 Å². The minimum Gasteiger partial charge on any atom is -0.481 e. The minimum absolute atomic E-state index is 0.803. The quantitative estimate of drug-likeness (QED) is 0.649. The fourth-order valence-corrected chi connectivity index (χ4v) is 1.14. The number of carbonyl (C=O) groups is 2. The zero-order valence-corrected chi connectivity index (χ0v) is 11.1. The predicted octanol–water partition coefficient (Wildman–Crippen LogP) is -0.151. The van der Waals surface area contributed by atoms with Crippen LogP contribution in [-0.2, 0) is 14.3 Å². The van der Waals surface area contributed by atoms with E-state index < -0.39 is 11.9 Å². The third-order valence-corrected chi connectivity index (χ3v) is 1.78. The van der Waals surface area contributed by atoms with Crippen molar-refractivity contribution in [1.82, 2.24) is 4.90 Å². The van der Waals surface area contributed by atoms with Crippen molar-refractivity contribution in [2.45, 2.75) is 20.3 Å². The number of hydrogen-bond acceptors (Lipinski definition) is 5. The summed E-state index contributed by atoms with van der Waals surface area (Å²) < 4.78 is 5.21. The number of aliphatic carboxylic acids is 2. The van der Waals surface area contributed by atoms with Crippen molar-refractivity contribution in [2.24, 2.45) is 5.73 Å². The van der Waals surface area contributed by atoms with Crippen LogP contribution >= 0.6 is 0 Å². The van der Waals surface area contributed by atoms with Crippen LogP contribution in [0, 0.1) is 0 Å². The number of nitrogens with zero attached hydrogens (tertiary/aromatic N) is 1. The van der Waals surface area contributed by atoms with Gasteiger partial charge in [0.1, 0.15) is 0 Å². The van der Waals surface area contributed by atoms with Gasteiger partial charge in [-0.2, -0.15) is 0 Å². The molecule has 0 radical (unpaired) electrons. The summed E-state index contributed by atoms with van der Waals surface area (Å²) in [4.78, 5) is 20.4. The van der Waals surface area contributed by atoms with Gasteiger partial charge in [0.05, 0.1) is 13.2 Å². The van der Waals surface area contributed by atoms with E-state index in [-0.39, 0.29) is 0 Å². The summed E-state index contributed by atoms with van der Waals surface area (Å²) in [5.74, 6) is -1.67. The molecule has 7 heteroatoms. The lowest BCUT2D eigenvalue weighted by molar-refractivity contribution is -0.135. The molecule has 0 aromatic carbocycles. The van der Waals surface area contributed by atoms with Crippen LogP contribution in [0.1, 0.15) is 20.3 Å². The molecule has 1 aliphatic rings. The summed E-state index contributed by atoms with van der Waals surface area (Å²) >= 11 is 0. The van der Waals surface area contributed by atoms with Gasteiger partial charge in [-0.05, 0) is 19.5 Å². The van der Waals surface area contributed by atoms with Crippen LogP contribution < -0.4 is 5.73 Å². The van der Waals surface area contributed by atoms with Gasteiger partial charge in [0.15, 0.2) is 0 Å². The van der Waals surface area contributed by atoms with Crippen molar-refractivity contribution >= 4 is 11.9 Å². The number of nitrogens with two attached hydrogens (primary N) is 1. The van der Waals surface area contributed by atoms with Crippen LogP contribution in [0.25, 0.3) is 0 Å². The Balaban J connectivity index is 0. The van der Waals surface area contributed by atoms with Crippen LogP contribution in [-0.4, -0.2) is 66.4 Å². The third kappa shape index (κ3) is 24.2. The molecule has 0 spiro atoms. The summed E-state index contributed by atoms with van der Waals surface area (Å²) in [6.07, 6.45) is 1.11. The zero-order chi connectivity index (χ0) is 14.4. The van der Waals surface area contributed by atoms with Crippen LogP contribution in [0.5, 0.6) is 0 Å². The standard InChI is InChI=1S/C7H16N2O.2C2H4O2/c8-2-1-3-9-4-6-10-7-5-9;2*1-2(3)4/h1-8H2;2*1H3,(H,3,4). The van der Waals surface area contributed by atoms with Gasteiger partial charge in [0.2, 0.25) is 0 Å². The van der Waals surface area contributed by atoms with Crippen LogP contribution in [0.4, 0.5) is 0 Å². The Bertz CT molecular complexity index is 197. The van der Waals surface area contributed by atoms with E-state index in [1.807, 2.05) is 0 Å². The Morgan fingerprint density at radius 3 is 1.89 bits per heavy atom. The molecule has 108 valence electrons. The lowest BCUT2D eigenvalue weighted by Crippen LogP contribution is -2.37. The van der Waals surface area contributed by atoms with E-state index in [1.54, 1.807) is 0 Å². The molecule has 1 rings (SSSR count). The molecule has 7 nitrogen and oxygen atoms in total. The van der Waals surface area contributed by atoms with Gasteiger partial charge in [-0.1, -0.05) is 0 Å². The molecule has 0 aromatic rings. The first kappa shape index (κ1) is 19.2. The first-order valence-electron chi connectivity index (χ1n) is 5.79. The molecular formula is C11H24N2O5. The number of carboxylic acids is 2. The summed E-state index contributed by atoms with van der Waals surface area (Å²) in [7, 11) is 0. The molecule has 0 saturated carbocycles. The molecule has 18 heavy (non-hydrogen) atoms. The molecule has 0 unspecified atom stereocenters. The van der Waals surface area contributed by atoms with Gasteiger partial charge in [-0.15, -0.1) is 0 Å². The molecule has 0 aliphatic carbocycles. The van der Waals surface area contributed by atoms with E-state index in [9.17, 15) is 0 Å². The fourth-order valence-electron chi connectivity index (χ4n) is 1.14. The SMILES string of the molecule is CC(=O)O.CC(=O)O.NCCCN1CCOCC1. The molecule has 1 heterocycles. The third-order valence-electron chi connectivity index (χ3n) is 1.78. The van der Waals surface area contributed by atoms with E-state index in [2.05, 4.69) is 4.90 Å². The molecule has 4 N–H and O–H groups in total. The zero-order valence-electron chi connectivity index (χ0n) is 11.1. The van der Waals surface area contributed by atoms with Crippen molar-refractivity contribution in [1.29, 1.82) is 0 Å². The monoisotopic (exact) mass is 264 g/mol. The van der Waals surface area contributed by atoms with E-state index in [0.29, 0.717) is 0 Å². The fraction of sp³-hybridized carbons (Fsp3) is 0.818. The van der Waals surface area contributed by atoms with Crippen molar-refractivity contribution in [2.75, 3.05) is 39.4 Å². The largest absolute Gasteiger partial charge is 0.481 e. The van der Waals surface area contributed by atoms with Crippen LogP contribution in [0.15, 0.2) is 0 Å². The lowest BCUT2D eigenvalue weighted by atomic mass is 10.3. The molecular weight excluding hydrogens is 240 g/mol. The van der Waals surface area contributed by atoms with Gasteiger partial charge in [-0.3, -0.25) is 14.5 Å². The first-order valence-corrected chi connectivity index (χ1v) is 5.79. The summed E-state index contributed by atoms with van der Waals surface area (Å²) in [6, 6.07) is 0.